The quantitative estimate of drug-likeness (QED) is 0.435. The first-order valence-corrected chi connectivity index (χ1v) is 9.38. The molecule has 0 saturated heterocycles. The lowest BCUT2D eigenvalue weighted by molar-refractivity contribution is -0.139. The zero-order valence-electron chi connectivity index (χ0n) is 15.7. The summed E-state index contributed by atoms with van der Waals surface area (Å²) in [5.74, 6) is 1.13. The van der Waals surface area contributed by atoms with E-state index in [0.29, 0.717) is 12.5 Å². The normalized spacial score (nSPS) is 16.6. The molecule has 1 aromatic rings. The number of esters is 1. The van der Waals surface area contributed by atoms with Gasteiger partial charge in [0.1, 0.15) is 5.75 Å². The van der Waals surface area contributed by atoms with Crippen molar-refractivity contribution in [3.8, 4) is 5.75 Å². The summed E-state index contributed by atoms with van der Waals surface area (Å²) in [5.41, 5.74) is 3.50. The summed E-state index contributed by atoms with van der Waals surface area (Å²) in [4.78, 5) is 12.1. The fourth-order valence-electron chi connectivity index (χ4n) is 3.08. The van der Waals surface area contributed by atoms with E-state index >= 15 is 0 Å². The lowest BCUT2D eigenvalue weighted by Crippen LogP contribution is -2.12. The van der Waals surface area contributed by atoms with Crippen molar-refractivity contribution in [3.05, 3.63) is 47.6 Å². The molecule has 1 aliphatic carbocycles. The van der Waals surface area contributed by atoms with Gasteiger partial charge < -0.3 is 9.47 Å². The maximum atomic E-state index is 12.1. The summed E-state index contributed by atoms with van der Waals surface area (Å²) < 4.78 is 10.7. The average Bonchev–Trinajstić information content (AvgIpc) is 3.10. The van der Waals surface area contributed by atoms with E-state index < -0.39 is 0 Å². The van der Waals surface area contributed by atoms with Gasteiger partial charge in [0.05, 0.1) is 13.7 Å². The Morgan fingerprint density at radius 2 is 1.96 bits per heavy atom. The van der Waals surface area contributed by atoms with E-state index in [0.717, 1.165) is 37.0 Å². The summed E-state index contributed by atoms with van der Waals surface area (Å²) in [6.07, 6.45) is 10.2. The standard InChI is InChI=1S/C22H30O3/c1-4-6-7-17(5-2)16-25-22(23)15-18-8-9-20(14-18)19-10-12-21(24-3)13-11-19/h10-15,17H,4-9,16H2,1-3H3. The number of ether oxygens (including phenoxy) is 2. The molecule has 0 spiro atoms. The topological polar surface area (TPSA) is 35.5 Å². The van der Waals surface area contributed by atoms with Crippen molar-refractivity contribution in [2.45, 2.75) is 52.4 Å². The third-order valence-electron chi connectivity index (χ3n) is 4.81. The minimum atomic E-state index is -0.211. The van der Waals surface area contributed by atoms with Gasteiger partial charge in [-0.05, 0) is 54.0 Å². The van der Waals surface area contributed by atoms with Gasteiger partial charge in [-0.3, -0.25) is 0 Å². The summed E-state index contributed by atoms with van der Waals surface area (Å²) in [6.45, 7) is 4.89. The maximum Gasteiger partial charge on any atom is 0.331 e. The number of benzene rings is 1. The van der Waals surface area contributed by atoms with Gasteiger partial charge in [-0.2, -0.15) is 0 Å². The molecule has 0 heterocycles. The zero-order chi connectivity index (χ0) is 18.1. The van der Waals surface area contributed by atoms with E-state index in [2.05, 4.69) is 32.1 Å². The van der Waals surface area contributed by atoms with Crippen molar-refractivity contribution in [2.24, 2.45) is 5.92 Å². The third kappa shape index (κ3) is 6.08. The second-order valence-electron chi connectivity index (χ2n) is 6.66. The molecule has 0 aromatic heterocycles. The van der Waals surface area contributed by atoms with Crippen LogP contribution in [-0.2, 0) is 9.53 Å². The van der Waals surface area contributed by atoms with Crippen molar-refractivity contribution >= 4 is 11.5 Å². The smallest absolute Gasteiger partial charge is 0.331 e. The van der Waals surface area contributed by atoms with E-state index in [1.54, 1.807) is 13.2 Å². The molecule has 25 heavy (non-hydrogen) atoms. The van der Waals surface area contributed by atoms with Crippen molar-refractivity contribution in [3.63, 3.8) is 0 Å². The zero-order valence-corrected chi connectivity index (χ0v) is 15.7. The molecular weight excluding hydrogens is 312 g/mol. The highest BCUT2D eigenvalue weighted by Crippen LogP contribution is 2.32. The van der Waals surface area contributed by atoms with Crippen molar-refractivity contribution in [2.75, 3.05) is 13.7 Å². The van der Waals surface area contributed by atoms with Crippen LogP contribution in [0.4, 0.5) is 0 Å². The Bertz CT molecular complexity index is 611. The highest BCUT2D eigenvalue weighted by atomic mass is 16.5. The van der Waals surface area contributed by atoms with Crippen molar-refractivity contribution in [1.82, 2.24) is 0 Å². The van der Waals surface area contributed by atoms with Gasteiger partial charge in [0.15, 0.2) is 0 Å². The van der Waals surface area contributed by atoms with Crippen LogP contribution in [0.1, 0.15) is 57.9 Å². The summed E-state index contributed by atoms with van der Waals surface area (Å²) in [6, 6.07) is 8.05. The average molecular weight is 342 g/mol. The molecule has 0 amide bonds. The number of carbonyl (C=O) groups is 1. The molecule has 1 aliphatic rings. The Morgan fingerprint density at radius 3 is 2.60 bits per heavy atom. The third-order valence-corrected chi connectivity index (χ3v) is 4.81. The first-order chi connectivity index (χ1) is 12.2. The van der Waals surface area contributed by atoms with Crippen LogP contribution < -0.4 is 4.74 Å². The number of carbonyl (C=O) groups excluding carboxylic acids is 1. The summed E-state index contributed by atoms with van der Waals surface area (Å²) in [7, 11) is 1.67. The minimum absolute atomic E-state index is 0.211. The molecule has 3 heteroatoms. The van der Waals surface area contributed by atoms with Gasteiger partial charge in [-0.25, -0.2) is 4.79 Å². The first-order valence-electron chi connectivity index (χ1n) is 9.38. The van der Waals surface area contributed by atoms with E-state index in [4.69, 9.17) is 9.47 Å². The summed E-state index contributed by atoms with van der Waals surface area (Å²) in [5, 5.41) is 0. The van der Waals surface area contributed by atoms with Gasteiger partial charge in [0, 0.05) is 6.08 Å². The predicted octanol–water partition coefficient (Wildman–Crippen LogP) is 5.56. The molecule has 0 fully saturated rings. The van der Waals surface area contributed by atoms with E-state index in [-0.39, 0.29) is 5.97 Å². The molecule has 136 valence electrons. The van der Waals surface area contributed by atoms with Crippen LogP contribution in [0.3, 0.4) is 0 Å². The molecule has 0 bridgehead atoms. The van der Waals surface area contributed by atoms with Crippen LogP contribution in [0.15, 0.2) is 42.0 Å². The van der Waals surface area contributed by atoms with Gasteiger partial charge >= 0.3 is 5.97 Å². The van der Waals surface area contributed by atoms with Gasteiger partial charge in [-0.1, -0.05) is 51.3 Å². The number of methoxy groups -OCH3 is 1. The van der Waals surface area contributed by atoms with E-state index in [1.165, 1.54) is 24.0 Å². The monoisotopic (exact) mass is 342 g/mol. The molecule has 2 rings (SSSR count). The number of rotatable bonds is 9. The van der Waals surface area contributed by atoms with Crippen LogP contribution in [0.5, 0.6) is 5.75 Å². The largest absolute Gasteiger partial charge is 0.497 e. The van der Waals surface area contributed by atoms with Gasteiger partial charge in [0.2, 0.25) is 0 Å². The number of hydrogen-bond donors (Lipinski definition) is 0. The summed E-state index contributed by atoms with van der Waals surface area (Å²) >= 11 is 0. The number of allylic oxidation sites excluding steroid dienone is 3. The molecule has 0 N–H and O–H groups in total. The fourth-order valence-corrected chi connectivity index (χ4v) is 3.08. The van der Waals surface area contributed by atoms with Crippen LogP contribution in [0, 0.1) is 5.92 Å². The highest BCUT2D eigenvalue weighted by Gasteiger charge is 2.14. The van der Waals surface area contributed by atoms with Gasteiger partial charge in [-0.15, -0.1) is 0 Å². The molecule has 1 atom stereocenters. The fraction of sp³-hybridized carbons (Fsp3) is 0.500. The molecule has 0 saturated carbocycles. The molecule has 1 unspecified atom stereocenters. The Hall–Kier alpha value is -2.03. The van der Waals surface area contributed by atoms with E-state index in [1.807, 2.05) is 12.1 Å². The Balaban J connectivity index is 1.90. The molecule has 0 radical (unpaired) electrons. The Morgan fingerprint density at radius 1 is 1.20 bits per heavy atom. The lowest BCUT2D eigenvalue weighted by atomic mass is 10.0. The van der Waals surface area contributed by atoms with Crippen LogP contribution in [-0.4, -0.2) is 19.7 Å². The Kier molecular flexibility index (Phi) is 7.77. The first kappa shape index (κ1) is 19.3. The Labute approximate surface area is 151 Å². The van der Waals surface area contributed by atoms with Crippen molar-refractivity contribution in [1.29, 1.82) is 0 Å². The van der Waals surface area contributed by atoms with Crippen LogP contribution in [0.2, 0.25) is 0 Å². The SMILES string of the molecule is CCCCC(CC)COC(=O)C=C1C=C(c2ccc(OC)cc2)CC1. The number of unbranched alkanes of at least 4 members (excludes halogenated alkanes) is 1. The number of hydrogen-bond acceptors (Lipinski definition) is 3. The molecular formula is C22H30O3. The molecule has 0 aliphatic heterocycles. The second kappa shape index (κ2) is 10.1. The predicted molar refractivity (Wildman–Crippen MR) is 103 cm³/mol. The molecule has 1 aromatic carbocycles. The van der Waals surface area contributed by atoms with Crippen LogP contribution >= 0.6 is 0 Å². The maximum absolute atomic E-state index is 12.1. The van der Waals surface area contributed by atoms with Crippen molar-refractivity contribution < 1.29 is 14.3 Å². The lowest BCUT2D eigenvalue weighted by Gasteiger charge is -2.13. The second-order valence-corrected chi connectivity index (χ2v) is 6.66. The van der Waals surface area contributed by atoms with E-state index in [9.17, 15) is 4.79 Å². The highest BCUT2D eigenvalue weighted by molar-refractivity contribution is 5.85. The minimum Gasteiger partial charge on any atom is -0.497 e. The molecule has 3 nitrogen and oxygen atoms in total. The van der Waals surface area contributed by atoms with Crippen LogP contribution in [0.25, 0.3) is 5.57 Å². The van der Waals surface area contributed by atoms with Gasteiger partial charge in [0.25, 0.3) is 0 Å².